The summed E-state index contributed by atoms with van der Waals surface area (Å²) in [6.07, 6.45) is 7.08. The summed E-state index contributed by atoms with van der Waals surface area (Å²) in [7, 11) is 0. The fourth-order valence-corrected chi connectivity index (χ4v) is 14.2. The number of hydrogen-bond donors (Lipinski definition) is 0. The molecular weight excluding hydrogens is 845 g/mol. The second kappa shape index (κ2) is 14.1. The molecule has 1 nitrogen and oxygen atoms in total. The van der Waals surface area contributed by atoms with Crippen LogP contribution in [-0.2, 0) is 17.3 Å². The number of aryl methyl sites for hydroxylation is 4. The van der Waals surface area contributed by atoms with Gasteiger partial charge in [0.2, 0.25) is 0 Å². The van der Waals surface area contributed by atoms with Crippen LogP contribution in [0.5, 0.6) is 0 Å². The zero-order valence-corrected chi connectivity index (χ0v) is 40.0. The highest BCUT2D eigenvalue weighted by atomic mass is 16.1. The van der Waals surface area contributed by atoms with Crippen LogP contribution in [0, 0.1) is 32.6 Å². The molecule has 3 atom stereocenters. The first-order chi connectivity index (χ1) is 34.3. The van der Waals surface area contributed by atoms with Crippen molar-refractivity contribution in [3.8, 4) is 55.6 Å². The number of carbonyl (C=O) groups is 1. The Morgan fingerprint density at radius 2 is 0.943 bits per heavy atom. The Kier molecular flexibility index (Phi) is 8.08. The standard InChI is InChI=1S/C69H50O/c1-5-42-21-20-41(4)56(33-42)45-23-28-53-52-27-22-44(55-32-39(2)18-19-40(55)3)35-62(52)69(63(53)36-45)60-17-11-8-14-50(60)51-29-24-46(37-64(51)69)67(70)47-25-30-54-65(38-47)68(61-31-26-43-34-57(43)66(54)61)58-15-9-6-12-48(58)49-13-7-10-16-59(49)68/h6-33,35-38,43,57H,5,34H2,1-4H3. The van der Waals surface area contributed by atoms with Gasteiger partial charge in [0.1, 0.15) is 0 Å². The summed E-state index contributed by atoms with van der Waals surface area (Å²) < 4.78 is 0. The molecule has 6 aliphatic rings. The number of fused-ring (bicyclic) bond motifs is 21. The first-order valence-corrected chi connectivity index (χ1v) is 25.3. The van der Waals surface area contributed by atoms with Crippen molar-refractivity contribution in [2.75, 3.05) is 0 Å². The van der Waals surface area contributed by atoms with Crippen molar-refractivity contribution >= 4 is 11.4 Å². The molecule has 332 valence electrons. The van der Waals surface area contributed by atoms with Crippen LogP contribution >= 0.6 is 0 Å². The van der Waals surface area contributed by atoms with E-state index in [1.54, 1.807) is 0 Å². The third kappa shape index (κ3) is 5.05. The number of rotatable bonds is 5. The van der Waals surface area contributed by atoms with Crippen molar-refractivity contribution in [1.82, 2.24) is 0 Å². The smallest absolute Gasteiger partial charge is 0.193 e. The van der Waals surface area contributed by atoms with Crippen LogP contribution < -0.4 is 0 Å². The molecule has 0 bridgehead atoms. The van der Waals surface area contributed by atoms with Gasteiger partial charge in [-0.25, -0.2) is 0 Å². The van der Waals surface area contributed by atoms with E-state index in [0.717, 1.165) is 12.0 Å². The van der Waals surface area contributed by atoms with Gasteiger partial charge in [0.25, 0.3) is 0 Å². The van der Waals surface area contributed by atoms with Crippen LogP contribution in [0.2, 0.25) is 0 Å². The van der Waals surface area contributed by atoms with E-state index in [2.05, 4.69) is 222 Å². The van der Waals surface area contributed by atoms with Gasteiger partial charge in [-0.2, -0.15) is 0 Å². The fraction of sp³-hybridized carbons (Fsp3) is 0.145. The van der Waals surface area contributed by atoms with Crippen molar-refractivity contribution in [2.45, 2.75) is 51.4 Å². The third-order valence-corrected chi connectivity index (χ3v) is 17.5. The lowest BCUT2D eigenvalue weighted by Crippen LogP contribution is -2.27. The second-order valence-electron chi connectivity index (χ2n) is 21.0. The average Bonchev–Trinajstić information content (AvgIpc) is 3.84. The number of allylic oxidation sites excluding steroid dienone is 4. The molecule has 0 heterocycles. The van der Waals surface area contributed by atoms with Crippen molar-refractivity contribution in [3.05, 3.63) is 278 Å². The van der Waals surface area contributed by atoms with Gasteiger partial charge in [0.15, 0.2) is 5.78 Å². The Morgan fingerprint density at radius 1 is 0.457 bits per heavy atom. The van der Waals surface area contributed by atoms with Crippen LogP contribution in [0.1, 0.15) is 96.0 Å². The normalized spacial score (nSPS) is 19.3. The Labute approximate surface area is 410 Å². The maximum atomic E-state index is 15.7. The van der Waals surface area contributed by atoms with Crippen molar-refractivity contribution in [2.24, 2.45) is 11.8 Å². The van der Waals surface area contributed by atoms with E-state index in [0.29, 0.717) is 17.4 Å². The van der Waals surface area contributed by atoms with Crippen LogP contribution in [0.3, 0.4) is 0 Å². The van der Waals surface area contributed by atoms with Gasteiger partial charge < -0.3 is 0 Å². The molecule has 15 rings (SSSR count). The van der Waals surface area contributed by atoms with E-state index in [1.807, 2.05) is 0 Å². The highest BCUT2D eigenvalue weighted by molar-refractivity contribution is 6.11. The molecule has 1 heteroatoms. The van der Waals surface area contributed by atoms with Crippen LogP contribution in [0.25, 0.3) is 61.2 Å². The predicted octanol–water partition coefficient (Wildman–Crippen LogP) is 16.4. The largest absolute Gasteiger partial charge is 0.289 e. The summed E-state index contributed by atoms with van der Waals surface area (Å²) in [4.78, 5) is 15.7. The topological polar surface area (TPSA) is 17.1 Å². The van der Waals surface area contributed by atoms with Gasteiger partial charge in [0.05, 0.1) is 10.8 Å². The van der Waals surface area contributed by atoms with Gasteiger partial charge in [-0.05, 0) is 198 Å². The Bertz CT molecular complexity index is 3880. The van der Waals surface area contributed by atoms with Crippen LogP contribution in [-0.4, -0.2) is 5.78 Å². The van der Waals surface area contributed by atoms with E-state index in [1.165, 1.54) is 140 Å². The molecule has 6 aliphatic carbocycles. The van der Waals surface area contributed by atoms with E-state index in [9.17, 15) is 0 Å². The van der Waals surface area contributed by atoms with Gasteiger partial charge in [-0.15, -0.1) is 0 Å². The van der Waals surface area contributed by atoms with Crippen LogP contribution in [0.15, 0.2) is 200 Å². The van der Waals surface area contributed by atoms with Gasteiger partial charge in [-0.1, -0.05) is 182 Å². The molecular formula is C69H50O. The lowest BCUT2D eigenvalue weighted by Gasteiger charge is -2.32. The Morgan fingerprint density at radius 3 is 1.54 bits per heavy atom. The summed E-state index contributed by atoms with van der Waals surface area (Å²) >= 11 is 0. The Balaban J connectivity index is 0.952. The maximum absolute atomic E-state index is 15.7. The fourth-order valence-electron chi connectivity index (χ4n) is 14.2. The quantitative estimate of drug-likeness (QED) is 0.157. The summed E-state index contributed by atoms with van der Waals surface area (Å²) in [5, 5.41) is 0. The molecule has 0 aromatic heterocycles. The first-order valence-electron chi connectivity index (χ1n) is 25.3. The molecule has 70 heavy (non-hydrogen) atoms. The average molecular weight is 895 g/mol. The predicted molar refractivity (Wildman–Crippen MR) is 286 cm³/mol. The number of hydrogen-bond acceptors (Lipinski definition) is 1. The second-order valence-corrected chi connectivity index (χ2v) is 21.0. The third-order valence-electron chi connectivity index (χ3n) is 17.5. The molecule has 0 N–H and O–H groups in total. The minimum absolute atomic E-state index is 0.0551. The molecule has 9 aromatic rings. The van der Waals surface area contributed by atoms with Crippen molar-refractivity contribution in [3.63, 3.8) is 0 Å². The molecule has 0 aliphatic heterocycles. The van der Waals surface area contributed by atoms with Crippen LogP contribution in [0.4, 0.5) is 0 Å². The number of ketones is 1. The molecule has 1 fully saturated rings. The molecule has 0 saturated heterocycles. The summed E-state index contributed by atoms with van der Waals surface area (Å²) in [6.45, 7) is 8.87. The molecule has 2 spiro atoms. The van der Waals surface area contributed by atoms with Crippen molar-refractivity contribution in [1.29, 1.82) is 0 Å². The van der Waals surface area contributed by atoms with E-state index < -0.39 is 10.8 Å². The van der Waals surface area contributed by atoms with E-state index in [-0.39, 0.29) is 5.78 Å². The van der Waals surface area contributed by atoms with Gasteiger partial charge >= 0.3 is 0 Å². The summed E-state index contributed by atoms with van der Waals surface area (Å²) in [5.74, 6) is 1.18. The molecule has 9 aromatic carbocycles. The monoisotopic (exact) mass is 894 g/mol. The zero-order valence-electron chi connectivity index (χ0n) is 40.0. The van der Waals surface area contributed by atoms with Crippen molar-refractivity contribution < 1.29 is 4.79 Å². The minimum Gasteiger partial charge on any atom is -0.289 e. The first kappa shape index (κ1) is 40.1. The molecule has 3 unspecified atom stereocenters. The number of carbonyl (C=O) groups excluding carboxylic acids is 1. The van der Waals surface area contributed by atoms with E-state index >= 15 is 4.79 Å². The Hall–Kier alpha value is -7.87. The highest BCUT2D eigenvalue weighted by Crippen LogP contribution is 2.68. The lowest BCUT2D eigenvalue weighted by molar-refractivity contribution is 0.103. The summed E-state index contributed by atoms with van der Waals surface area (Å²) in [6, 6.07) is 68.4. The lowest BCUT2D eigenvalue weighted by atomic mass is 9.68. The zero-order chi connectivity index (χ0) is 46.8. The maximum Gasteiger partial charge on any atom is 0.193 e. The van der Waals surface area contributed by atoms with Gasteiger partial charge in [0, 0.05) is 11.1 Å². The summed E-state index contributed by atoms with van der Waals surface area (Å²) in [5.41, 5.74) is 30.9. The minimum atomic E-state index is -0.664. The molecule has 0 amide bonds. The van der Waals surface area contributed by atoms with Gasteiger partial charge in [-0.3, -0.25) is 4.79 Å². The SMILES string of the molecule is CCc1ccc(C)c(-c2ccc3c(c2)C2(c4ccccc4-c4ccc(C(=O)c5ccc6c(c5)C5(C7=C6C6CC6C=C7)c6ccccc6-c6ccccc65)cc42)c2cc(-c4cc(C)ccc4C)ccc2-3)c1. The molecule has 0 radical (unpaired) electrons. The highest BCUT2D eigenvalue weighted by Gasteiger charge is 2.57. The van der Waals surface area contributed by atoms with E-state index in [4.69, 9.17) is 0 Å². The number of benzene rings is 9. The molecule has 1 saturated carbocycles.